The van der Waals surface area contributed by atoms with Crippen molar-refractivity contribution in [2.45, 2.75) is 25.8 Å². The second kappa shape index (κ2) is 8.89. The van der Waals surface area contributed by atoms with Gasteiger partial charge in [0.25, 0.3) is 5.91 Å². The van der Waals surface area contributed by atoms with Gasteiger partial charge in [0.1, 0.15) is 17.5 Å². The van der Waals surface area contributed by atoms with E-state index in [0.29, 0.717) is 17.8 Å². The number of amides is 1. The molecule has 1 amide bonds. The van der Waals surface area contributed by atoms with Crippen LogP contribution in [0.3, 0.4) is 0 Å². The summed E-state index contributed by atoms with van der Waals surface area (Å²) in [7, 11) is 3.29. The van der Waals surface area contributed by atoms with Gasteiger partial charge < -0.3 is 19.7 Å². The lowest BCUT2D eigenvalue weighted by molar-refractivity contribution is -0.910. The lowest BCUT2D eigenvalue weighted by Gasteiger charge is -2.23. The number of benzene rings is 2. The Kier molecular flexibility index (Phi) is 6.31. The number of ketones is 1. The summed E-state index contributed by atoms with van der Waals surface area (Å²) in [6.07, 6.45) is 2.08. The average molecular weight is 383 g/mol. The Morgan fingerprint density at radius 1 is 1.11 bits per heavy atom. The SMILES string of the molecule is COc1ccc([C@@H]2CCC[NH+]2CC(=O)Nc2ccc(C(C)=O)cc2)c(OC)c1. The summed E-state index contributed by atoms with van der Waals surface area (Å²) in [5.74, 6) is 1.52. The minimum absolute atomic E-state index is 0.00988. The predicted molar refractivity (Wildman–Crippen MR) is 107 cm³/mol. The molecule has 148 valence electrons. The molecule has 1 heterocycles. The van der Waals surface area contributed by atoms with E-state index in [1.54, 1.807) is 38.5 Å². The Labute approximate surface area is 165 Å². The van der Waals surface area contributed by atoms with Gasteiger partial charge in [0.15, 0.2) is 12.3 Å². The highest BCUT2D eigenvalue weighted by Gasteiger charge is 2.33. The highest BCUT2D eigenvalue weighted by Crippen LogP contribution is 2.31. The zero-order valence-electron chi connectivity index (χ0n) is 16.6. The van der Waals surface area contributed by atoms with Crippen LogP contribution in [0.1, 0.15) is 41.7 Å². The first-order valence-electron chi connectivity index (χ1n) is 9.49. The van der Waals surface area contributed by atoms with Crippen molar-refractivity contribution in [1.82, 2.24) is 0 Å². The van der Waals surface area contributed by atoms with Gasteiger partial charge in [0.05, 0.1) is 26.3 Å². The lowest BCUT2D eigenvalue weighted by atomic mass is 10.0. The molecule has 0 saturated carbocycles. The Morgan fingerprint density at radius 3 is 2.50 bits per heavy atom. The zero-order valence-corrected chi connectivity index (χ0v) is 16.6. The quantitative estimate of drug-likeness (QED) is 0.720. The first-order valence-corrected chi connectivity index (χ1v) is 9.49. The molecule has 1 aliphatic heterocycles. The second-order valence-corrected chi connectivity index (χ2v) is 7.07. The fourth-order valence-corrected chi connectivity index (χ4v) is 3.80. The fourth-order valence-electron chi connectivity index (χ4n) is 3.80. The maximum absolute atomic E-state index is 12.6. The van der Waals surface area contributed by atoms with Crippen LogP contribution >= 0.6 is 0 Å². The summed E-state index contributed by atoms with van der Waals surface area (Å²) in [6.45, 7) is 2.85. The largest absolute Gasteiger partial charge is 0.497 e. The fraction of sp³-hybridized carbons (Fsp3) is 0.364. The number of quaternary nitrogens is 1. The molecule has 1 unspecified atom stereocenters. The minimum Gasteiger partial charge on any atom is -0.497 e. The zero-order chi connectivity index (χ0) is 20.1. The maximum atomic E-state index is 12.6. The first kappa shape index (κ1) is 19.9. The number of rotatable bonds is 7. The molecule has 6 heteroatoms. The van der Waals surface area contributed by atoms with E-state index in [-0.39, 0.29) is 17.7 Å². The standard InChI is InChI=1S/C22H26N2O4/c1-15(25)16-6-8-17(9-7-16)23-22(26)14-24-12-4-5-20(24)19-11-10-18(27-2)13-21(19)28-3/h6-11,13,20H,4-5,12,14H2,1-3H3,(H,23,26)/p+1/t20-/m0/s1. The van der Waals surface area contributed by atoms with Gasteiger partial charge in [-0.05, 0) is 43.3 Å². The molecule has 0 aliphatic carbocycles. The highest BCUT2D eigenvalue weighted by molar-refractivity contribution is 5.95. The Morgan fingerprint density at radius 2 is 1.86 bits per heavy atom. The monoisotopic (exact) mass is 383 g/mol. The molecule has 1 saturated heterocycles. The van der Waals surface area contributed by atoms with Crippen molar-refractivity contribution in [1.29, 1.82) is 0 Å². The van der Waals surface area contributed by atoms with Gasteiger partial charge in [-0.25, -0.2) is 0 Å². The number of Topliss-reactive ketones (excluding diaryl/α,β-unsaturated/α-hetero) is 1. The van der Waals surface area contributed by atoms with Gasteiger partial charge in [-0.15, -0.1) is 0 Å². The summed E-state index contributed by atoms with van der Waals surface area (Å²) in [6, 6.07) is 13.1. The Bertz CT molecular complexity index is 848. The summed E-state index contributed by atoms with van der Waals surface area (Å²) in [5, 5.41) is 2.93. The molecule has 1 fully saturated rings. The molecule has 6 nitrogen and oxygen atoms in total. The molecule has 0 bridgehead atoms. The molecular weight excluding hydrogens is 356 g/mol. The molecule has 28 heavy (non-hydrogen) atoms. The number of hydrogen-bond acceptors (Lipinski definition) is 4. The normalized spacial score (nSPS) is 18.5. The topological polar surface area (TPSA) is 69.1 Å². The number of ether oxygens (including phenoxy) is 2. The minimum atomic E-state index is -0.0371. The number of carbonyl (C=O) groups is 2. The van der Waals surface area contributed by atoms with Crippen LogP contribution in [0.2, 0.25) is 0 Å². The van der Waals surface area contributed by atoms with Gasteiger partial charge in [-0.1, -0.05) is 0 Å². The first-order chi connectivity index (χ1) is 13.5. The summed E-state index contributed by atoms with van der Waals surface area (Å²) < 4.78 is 10.8. The van der Waals surface area contributed by atoms with Crippen LogP contribution in [0, 0.1) is 0 Å². The van der Waals surface area contributed by atoms with E-state index in [1.165, 1.54) is 11.8 Å². The number of likely N-dealkylation sites (tertiary alicyclic amines) is 1. The van der Waals surface area contributed by atoms with E-state index < -0.39 is 0 Å². The third-order valence-corrected chi connectivity index (χ3v) is 5.26. The van der Waals surface area contributed by atoms with Crippen LogP contribution in [-0.4, -0.2) is 39.0 Å². The van der Waals surface area contributed by atoms with Crippen molar-refractivity contribution in [3.8, 4) is 11.5 Å². The third-order valence-electron chi connectivity index (χ3n) is 5.26. The number of carbonyl (C=O) groups excluding carboxylic acids is 2. The van der Waals surface area contributed by atoms with Crippen LogP contribution in [0.25, 0.3) is 0 Å². The van der Waals surface area contributed by atoms with Crippen LogP contribution in [0.15, 0.2) is 42.5 Å². The van der Waals surface area contributed by atoms with E-state index in [9.17, 15) is 9.59 Å². The summed E-state index contributed by atoms with van der Waals surface area (Å²) in [4.78, 5) is 25.2. The van der Waals surface area contributed by atoms with E-state index in [2.05, 4.69) is 5.32 Å². The predicted octanol–water partition coefficient (Wildman–Crippen LogP) is 2.26. The average Bonchev–Trinajstić information content (AvgIpc) is 3.15. The Balaban J connectivity index is 1.68. The molecule has 0 spiro atoms. The second-order valence-electron chi connectivity index (χ2n) is 7.07. The van der Waals surface area contributed by atoms with Crippen molar-refractivity contribution in [3.05, 3.63) is 53.6 Å². The highest BCUT2D eigenvalue weighted by atomic mass is 16.5. The van der Waals surface area contributed by atoms with Crippen LogP contribution in [0.4, 0.5) is 5.69 Å². The molecule has 0 aromatic heterocycles. The van der Waals surface area contributed by atoms with Crippen molar-refractivity contribution >= 4 is 17.4 Å². The molecule has 1 aliphatic rings. The third kappa shape index (κ3) is 4.51. The number of hydrogen-bond donors (Lipinski definition) is 2. The molecule has 3 rings (SSSR count). The van der Waals surface area contributed by atoms with Crippen molar-refractivity contribution in [2.75, 3.05) is 32.6 Å². The Hall–Kier alpha value is -2.86. The van der Waals surface area contributed by atoms with Gasteiger partial charge in [0.2, 0.25) is 0 Å². The summed E-state index contributed by atoms with van der Waals surface area (Å²) in [5.41, 5.74) is 2.44. The van der Waals surface area contributed by atoms with Crippen molar-refractivity contribution < 1.29 is 24.0 Å². The van der Waals surface area contributed by atoms with E-state index in [0.717, 1.165) is 36.4 Å². The molecule has 0 radical (unpaired) electrons. The molecule has 2 aromatic rings. The van der Waals surface area contributed by atoms with Gasteiger partial charge in [0, 0.05) is 30.2 Å². The van der Waals surface area contributed by atoms with Gasteiger partial charge >= 0.3 is 0 Å². The lowest BCUT2D eigenvalue weighted by Crippen LogP contribution is -3.11. The number of nitrogens with one attached hydrogen (secondary N) is 2. The van der Waals surface area contributed by atoms with Gasteiger partial charge in [-0.2, -0.15) is 0 Å². The van der Waals surface area contributed by atoms with Crippen LogP contribution in [0.5, 0.6) is 11.5 Å². The summed E-state index contributed by atoms with van der Waals surface area (Å²) >= 11 is 0. The molecule has 2 atom stereocenters. The number of methoxy groups -OCH3 is 2. The van der Waals surface area contributed by atoms with E-state index >= 15 is 0 Å². The van der Waals surface area contributed by atoms with Crippen molar-refractivity contribution in [3.63, 3.8) is 0 Å². The smallest absolute Gasteiger partial charge is 0.279 e. The van der Waals surface area contributed by atoms with E-state index in [4.69, 9.17) is 9.47 Å². The van der Waals surface area contributed by atoms with E-state index in [1.807, 2.05) is 18.2 Å². The van der Waals surface area contributed by atoms with Crippen LogP contribution < -0.4 is 19.7 Å². The maximum Gasteiger partial charge on any atom is 0.279 e. The molecule has 2 aromatic carbocycles. The number of anilines is 1. The van der Waals surface area contributed by atoms with Gasteiger partial charge in [-0.3, -0.25) is 9.59 Å². The molecule has 2 N–H and O–H groups in total. The van der Waals surface area contributed by atoms with Crippen LogP contribution in [-0.2, 0) is 4.79 Å². The van der Waals surface area contributed by atoms with Crippen molar-refractivity contribution in [2.24, 2.45) is 0 Å². The molecular formula is C22H27N2O4+.